The predicted molar refractivity (Wildman–Crippen MR) is 93.9 cm³/mol. The van der Waals surface area contributed by atoms with Crippen molar-refractivity contribution in [1.29, 1.82) is 0 Å². The van der Waals surface area contributed by atoms with Crippen LogP contribution >= 0.6 is 0 Å². The third kappa shape index (κ3) is 3.23. The molecule has 7 heteroatoms. The monoisotopic (exact) mass is 362 g/mol. The zero-order valence-corrected chi connectivity index (χ0v) is 15.0. The van der Waals surface area contributed by atoms with Crippen molar-refractivity contribution in [2.75, 3.05) is 19.6 Å². The van der Waals surface area contributed by atoms with Crippen molar-refractivity contribution >= 4 is 11.8 Å². The molecule has 1 aromatic rings. The van der Waals surface area contributed by atoms with Crippen molar-refractivity contribution in [3.63, 3.8) is 0 Å². The lowest BCUT2D eigenvalue weighted by atomic mass is 9.62. The number of H-pyrrole nitrogens is 1. The maximum Gasteiger partial charge on any atom is 0.254 e. The second-order valence-electron chi connectivity index (χ2n) is 8.29. The molecule has 142 valence electrons. The summed E-state index contributed by atoms with van der Waals surface area (Å²) in [6, 6.07) is 0. The van der Waals surface area contributed by atoms with Crippen molar-refractivity contribution < 1.29 is 14.0 Å². The first-order valence-electron chi connectivity index (χ1n) is 9.75. The zero-order valence-electron chi connectivity index (χ0n) is 15.0. The van der Waals surface area contributed by atoms with Crippen molar-refractivity contribution in [2.24, 2.45) is 17.3 Å². The molecule has 3 fully saturated rings. The van der Waals surface area contributed by atoms with E-state index in [1.165, 1.54) is 0 Å². The van der Waals surface area contributed by atoms with Gasteiger partial charge in [0, 0.05) is 37.7 Å². The van der Waals surface area contributed by atoms with Gasteiger partial charge in [0.1, 0.15) is 0 Å². The summed E-state index contributed by atoms with van der Waals surface area (Å²) in [6.07, 6.45) is 8.11. The minimum atomic E-state index is -1.37. The minimum Gasteiger partial charge on any atom is -0.353 e. The van der Waals surface area contributed by atoms with Gasteiger partial charge in [-0.3, -0.25) is 14.7 Å². The van der Waals surface area contributed by atoms with Gasteiger partial charge in [0.05, 0.1) is 6.20 Å². The van der Waals surface area contributed by atoms with Crippen LogP contribution in [-0.4, -0.2) is 52.7 Å². The van der Waals surface area contributed by atoms with E-state index in [0.29, 0.717) is 31.8 Å². The van der Waals surface area contributed by atoms with Gasteiger partial charge in [-0.25, -0.2) is 4.39 Å². The van der Waals surface area contributed by atoms with Crippen LogP contribution in [0.15, 0.2) is 12.4 Å². The summed E-state index contributed by atoms with van der Waals surface area (Å²) in [5.74, 6) is 0.0419. The summed E-state index contributed by atoms with van der Waals surface area (Å²) in [5.41, 5.74) is 0.993. The molecule has 0 bridgehead atoms. The van der Waals surface area contributed by atoms with Crippen LogP contribution in [0.4, 0.5) is 4.39 Å². The molecule has 3 atom stereocenters. The normalized spacial score (nSPS) is 28.8. The number of aryl methyl sites for hydroxylation is 1. The lowest BCUT2D eigenvalue weighted by molar-refractivity contribution is -0.130. The molecule has 2 aliphatic carbocycles. The van der Waals surface area contributed by atoms with E-state index in [0.717, 1.165) is 44.2 Å². The number of nitrogens with one attached hydrogen (secondary N) is 2. The molecule has 4 rings (SSSR count). The Bertz CT molecular complexity index is 661. The van der Waals surface area contributed by atoms with Crippen LogP contribution in [0.2, 0.25) is 0 Å². The lowest BCUT2D eigenvalue weighted by Crippen LogP contribution is -2.51. The Kier molecular flexibility index (Phi) is 4.71. The zero-order chi connectivity index (χ0) is 18.1. The molecule has 2 saturated carbocycles. The summed E-state index contributed by atoms with van der Waals surface area (Å²) in [6.45, 7) is 1.94. The summed E-state index contributed by atoms with van der Waals surface area (Å²) >= 11 is 0. The summed E-state index contributed by atoms with van der Waals surface area (Å²) in [7, 11) is 0. The van der Waals surface area contributed by atoms with Gasteiger partial charge in [0.25, 0.3) is 5.91 Å². The van der Waals surface area contributed by atoms with Gasteiger partial charge in [0.2, 0.25) is 5.91 Å². The number of aromatic nitrogens is 2. The topological polar surface area (TPSA) is 78.1 Å². The van der Waals surface area contributed by atoms with E-state index >= 15 is 0 Å². The third-order valence-corrected chi connectivity index (χ3v) is 6.77. The molecule has 3 aliphatic rings. The Morgan fingerprint density at radius 2 is 2.27 bits per heavy atom. The first-order valence-corrected chi connectivity index (χ1v) is 9.75. The number of aromatic amines is 1. The maximum absolute atomic E-state index is 14.1. The Morgan fingerprint density at radius 1 is 1.42 bits per heavy atom. The fraction of sp³-hybridized carbons (Fsp3) is 0.737. The van der Waals surface area contributed by atoms with Crippen molar-refractivity contribution in [3.05, 3.63) is 18.0 Å². The van der Waals surface area contributed by atoms with Crippen molar-refractivity contribution in [3.8, 4) is 0 Å². The number of hydrogen-bond donors (Lipinski definition) is 2. The van der Waals surface area contributed by atoms with Crippen LogP contribution in [-0.2, 0) is 16.0 Å². The van der Waals surface area contributed by atoms with E-state index in [1.807, 2.05) is 11.1 Å². The molecule has 1 aliphatic heterocycles. The number of rotatable bonds is 7. The van der Waals surface area contributed by atoms with Gasteiger partial charge in [-0.2, -0.15) is 5.10 Å². The largest absolute Gasteiger partial charge is 0.353 e. The van der Waals surface area contributed by atoms with Crippen molar-refractivity contribution in [2.45, 2.75) is 51.1 Å². The van der Waals surface area contributed by atoms with E-state index in [4.69, 9.17) is 0 Å². The first-order chi connectivity index (χ1) is 12.6. The maximum atomic E-state index is 14.1. The molecule has 1 aromatic heterocycles. The SMILES string of the molecule is O=C(NC[C@]12CC[C@H]1CN(C(=O)CCc1cn[nH]c1)C2)C(F)C1CCC1. The molecule has 2 heterocycles. The van der Waals surface area contributed by atoms with Crippen LogP contribution in [0, 0.1) is 17.3 Å². The number of nitrogens with zero attached hydrogens (tertiary/aromatic N) is 2. The third-order valence-electron chi connectivity index (χ3n) is 6.77. The van der Waals surface area contributed by atoms with Gasteiger partial charge in [-0.15, -0.1) is 0 Å². The number of halogens is 1. The van der Waals surface area contributed by atoms with Crippen LogP contribution in [0.3, 0.4) is 0 Å². The van der Waals surface area contributed by atoms with Crippen molar-refractivity contribution in [1.82, 2.24) is 20.4 Å². The lowest BCUT2D eigenvalue weighted by Gasteiger charge is -2.44. The van der Waals surface area contributed by atoms with E-state index in [1.54, 1.807) is 6.20 Å². The summed E-state index contributed by atoms with van der Waals surface area (Å²) in [5, 5.41) is 9.50. The smallest absolute Gasteiger partial charge is 0.254 e. The number of alkyl halides is 1. The van der Waals surface area contributed by atoms with Gasteiger partial charge in [-0.1, -0.05) is 6.42 Å². The molecule has 26 heavy (non-hydrogen) atoms. The Morgan fingerprint density at radius 3 is 2.88 bits per heavy atom. The average molecular weight is 362 g/mol. The van der Waals surface area contributed by atoms with E-state index in [2.05, 4.69) is 15.5 Å². The highest BCUT2D eigenvalue weighted by molar-refractivity contribution is 5.81. The van der Waals surface area contributed by atoms with E-state index in [-0.39, 0.29) is 17.2 Å². The number of likely N-dealkylation sites (tertiary alicyclic amines) is 1. The Labute approximate surface area is 152 Å². The summed E-state index contributed by atoms with van der Waals surface area (Å²) < 4.78 is 14.1. The quantitative estimate of drug-likeness (QED) is 0.777. The highest BCUT2D eigenvalue weighted by Crippen LogP contribution is 2.51. The molecular weight excluding hydrogens is 335 g/mol. The molecule has 0 aromatic carbocycles. The molecule has 0 spiro atoms. The van der Waals surface area contributed by atoms with Crippen LogP contribution < -0.4 is 5.32 Å². The fourth-order valence-electron chi connectivity index (χ4n) is 4.57. The van der Waals surface area contributed by atoms with Gasteiger partial charge < -0.3 is 10.2 Å². The fourth-order valence-corrected chi connectivity index (χ4v) is 4.57. The molecule has 2 N–H and O–H groups in total. The molecule has 0 radical (unpaired) electrons. The number of carbonyl (C=O) groups excluding carboxylic acids is 2. The van der Waals surface area contributed by atoms with Gasteiger partial charge >= 0.3 is 0 Å². The second-order valence-corrected chi connectivity index (χ2v) is 8.29. The standard InChI is InChI=1S/C19H27FN4O2/c20-17(14-2-1-3-14)18(26)21-11-19-7-6-15(19)10-24(12-19)16(25)5-4-13-8-22-23-9-13/h8-9,14-15,17H,1-7,10-12H2,(H,21,26)(H,22,23)/t15-,17?,19-/m0/s1. The van der Waals surface area contributed by atoms with Crippen LogP contribution in [0.5, 0.6) is 0 Å². The molecule has 1 unspecified atom stereocenters. The highest BCUT2D eigenvalue weighted by atomic mass is 19.1. The predicted octanol–water partition coefficient (Wildman–Crippen LogP) is 1.84. The minimum absolute atomic E-state index is 0.0414. The van der Waals surface area contributed by atoms with Crippen LogP contribution in [0.1, 0.15) is 44.1 Å². The number of fused-ring (bicyclic) bond motifs is 1. The number of amides is 2. The average Bonchev–Trinajstić information content (AvgIpc) is 3.17. The molecule has 2 amide bonds. The first kappa shape index (κ1) is 17.5. The molecular formula is C19H27FN4O2. The number of hydrogen-bond acceptors (Lipinski definition) is 3. The Hall–Kier alpha value is -1.92. The number of carbonyl (C=O) groups is 2. The van der Waals surface area contributed by atoms with Crippen LogP contribution in [0.25, 0.3) is 0 Å². The van der Waals surface area contributed by atoms with E-state index < -0.39 is 12.1 Å². The van der Waals surface area contributed by atoms with Gasteiger partial charge in [0.15, 0.2) is 6.17 Å². The van der Waals surface area contributed by atoms with E-state index in [9.17, 15) is 14.0 Å². The second kappa shape index (κ2) is 7.00. The van der Waals surface area contributed by atoms with Gasteiger partial charge in [-0.05, 0) is 49.5 Å². The highest BCUT2D eigenvalue weighted by Gasteiger charge is 2.54. The Balaban J connectivity index is 1.27. The molecule has 1 saturated heterocycles. The molecule has 6 nitrogen and oxygen atoms in total. The summed E-state index contributed by atoms with van der Waals surface area (Å²) in [4.78, 5) is 26.5.